The van der Waals surface area contributed by atoms with Gasteiger partial charge >= 0.3 is 8.80 Å². The van der Waals surface area contributed by atoms with Gasteiger partial charge in [-0.2, -0.15) is 0 Å². The van der Waals surface area contributed by atoms with Gasteiger partial charge in [0.1, 0.15) is 0 Å². The van der Waals surface area contributed by atoms with E-state index >= 15 is 0 Å². The first-order valence-corrected chi connectivity index (χ1v) is 9.19. The third-order valence-corrected chi connectivity index (χ3v) is 7.10. The summed E-state index contributed by atoms with van der Waals surface area (Å²) in [6.45, 7) is 4.15. The number of unbranched alkanes of at least 4 members (excludes halogenated alkanes) is 2. The molecule has 0 fully saturated rings. The quantitative estimate of drug-likeness (QED) is 0.457. The summed E-state index contributed by atoms with van der Waals surface area (Å²) in [5.74, 6) is 0. The average Bonchev–Trinajstić information content (AvgIpc) is 2.36. The Labute approximate surface area is 116 Å². The van der Waals surface area contributed by atoms with Gasteiger partial charge in [-0.25, -0.2) is 0 Å². The third-order valence-electron chi connectivity index (χ3n) is 2.79. The van der Waals surface area contributed by atoms with E-state index in [1.807, 2.05) is 6.92 Å². The molecular formula is C12H26O4SSi. The van der Waals surface area contributed by atoms with Gasteiger partial charge in [-0.1, -0.05) is 38.5 Å². The zero-order valence-corrected chi connectivity index (χ0v) is 14.0. The smallest absolute Gasteiger partial charge is 0.377 e. The van der Waals surface area contributed by atoms with Crippen LogP contribution in [0.3, 0.4) is 0 Å². The maximum absolute atomic E-state index is 11.7. The second-order valence-corrected chi connectivity index (χ2v) is 8.75. The van der Waals surface area contributed by atoms with Gasteiger partial charge in [0.15, 0.2) is 5.12 Å². The topological polar surface area (TPSA) is 44.8 Å². The molecule has 0 rings (SSSR count). The maximum atomic E-state index is 11.7. The molecule has 0 saturated heterocycles. The van der Waals surface area contributed by atoms with E-state index in [1.54, 1.807) is 21.3 Å². The van der Waals surface area contributed by atoms with Crippen molar-refractivity contribution in [3.05, 3.63) is 0 Å². The second-order valence-electron chi connectivity index (χ2n) is 4.26. The number of carbonyl (C=O) groups is 1. The van der Waals surface area contributed by atoms with Gasteiger partial charge in [-0.05, 0) is 6.42 Å². The van der Waals surface area contributed by atoms with Gasteiger partial charge in [0, 0.05) is 39.0 Å². The zero-order valence-electron chi connectivity index (χ0n) is 12.2. The van der Waals surface area contributed by atoms with E-state index in [0.717, 1.165) is 19.3 Å². The summed E-state index contributed by atoms with van der Waals surface area (Å²) < 4.78 is 16.1. The predicted molar refractivity (Wildman–Crippen MR) is 77.8 cm³/mol. The Morgan fingerprint density at radius 2 is 1.72 bits per heavy atom. The van der Waals surface area contributed by atoms with Crippen LogP contribution in [0.15, 0.2) is 0 Å². The molecule has 0 heterocycles. The molecule has 0 saturated carbocycles. The second kappa shape index (κ2) is 9.97. The zero-order chi connectivity index (χ0) is 14.0. The average molecular weight is 294 g/mol. The van der Waals surface area contributed by atoms with Crippen LogP contribution in [0.4, 0.5) is 0 Å². The van der Waals surface area contributed by atoms with E-state index in [4.69, 9.17) is 13.3 Å². The predicted octanol–water partition coefficient (Wildman–Crippen LogP) is 3.09. The highest BCUT2D eigenvalue weighted by atomic mass is 32.2. The largest absolute Gasteiger partial charge is 0.501 e. The Hall–Kier alpha value is 0.117. The summed E-state index contributed by atoms with van der Waals surface area (Å²) in [5, 5.41) is 0.410. The molecule has 0 aromatic heterocycles. The minimum Gasteiger partial charge on any atom is -0.377 e. The van der Waals surface area contributed by atoms with E-state index in [1.165, 1.54) is 11.8 Å². The van der Waals surface area contributed by atoms with E-state index in [9.17, 15) is 4.79 Å². The van der Waals surface area contributed by atoms with Crippen molar-refractivity contribution in [1.29, 1.82) is 0 Å². The fraction of sp³-hybridized carbons (Fsp3) is 0.917. The van der Waals surface area contributed by atoms with Gasteiger partial charge in [0.2, 0.25) is 0 Å². The molecule has 0 N–H and O–H groups in total. The van der Waals surface area contributed by atoms with Gasteiger partial charge < -0.3 is 13.3 Å². The summed E-state index contributed by atoms with van der Waals surface area (Å²) >= 11 is 1.38. The van der Waals surface area contributed by atoms with Gasteiger partial charge in [-0.15, -0.1) is 0 Å². The van der Waals surface area contributed by atoms with Crippen LogP contribution in [0.5, 0.6) is 0 Å². The molecule has 0 aromatic rings. The molecular weight excluding hydrogens is 268 g/mol. The summed E-state index contributed by atoms with van der Waals surface area (Å²) in [7, 11) is 2.23. The lowest BCUT2D eigenvalue weighted by Gasteiger charge is -2.26. The standard InChI is InChI=1S/C12H26O4SSi/c1-6-7-8-9-12(13)17-11(2)10-18(14-3,15-4)16-5/h11H,6-10H2,1-5H3. The lowest BCUT2D eigenvalue weighted by atomic mass is 10.2. The molecule has 0 aliphatic carbocycles. The molecule has 0 spiro atoms. The van der Waals surface area contributed by atoms with Crippen molar-refractivity contribution < 1.29 is 18.1 Å². The Bertz CT molecular complexity index is 226. The molecule has 0 aliphatic heterocycles. The van der Waals surface area contributed by atoms with Crippen molar-refractivity contribution in [2.75, 3.05) is 21.3 Å². The lowest BCUT2D eigenvalue weighted by molar-refractivity contribution is -0.111. The SMILES string of the molecule is CCCCCC(=O)SC(C)C[Si](OC)(OC)OC. The minimum atomic E-state index is -2.56. The van der Waals surface area contributed by atoms with Crippen LogP contribution in [-0.2, 0) is 18.1 Å². The molecule has 0 radical (unpaired) electrons. The molecule has 6 heteroatoms. The van der Waals surface area contributed by atoms with E-state index in [2.05, 4.69) is 6.92 Å². The molecule has 108 valence electrons. The van der Waals surface area contributed by atoms with E-state index in [-0.39, 0.29) is 10.4 Å². The molecule has 0 aromatic carbocycles. The van der Waals surface area contributed by atoms with E-state index in [0.29, 0.717) is 12.5 Å². The maximum Gasteiger partial charge on any atom is 0.501 e. The van der Waals surface area contributed by atoms with Crippen LogP contribution in [0, 0.1) is 0 Å². The van der Waals surface area contributed by atoms with Gasteiger partial charge in [0.25, 0.3) is 0 Å². The summed E-state index contributed by atoms with van der Waals surface area (Å²) in [4.78, 5) is 11.7. The fourth-order valence-corrected chi connectivity index (χ4v) is 5.06. The normalized spacial score (nSPS) is 13.6. The highest BCUT2D eigenvalue weighted by Gasteiger charge is 2.39. The minimum absolute atomic E-state index is 0.158. The van der Waals surface area contributed by atoms with Crippen LogP contribution in [0.25, 0.3) is 0 Å². The van der Waals surface area contributed by atoms with Crippen LogP contribution >= 0.6 is 11.8 Å². The number of rotatable bonds is 10. The first kappa shape index (κ1) is 18.1. The van der Waals surface area contributed by atoms with Crippen molar-refractivity contribution in [2.24, 2.45) is 0 Å². The van der Waals surface area contributed by atoms with Gasteiger partial charge in [-0.3, -0.25) is 4.79 Å². The van der Waals surface area contributed by atoms with Crippen LogP contribution in [0.2, 0.25) is 6.04 Å². The summed E-state index contributed by atoms with van der Waals surface area (Å²) in [5.41, 5.74) is 0. The summed E-state index contributed by atoms with van der Waals surface area (Å²) in [6, 6.07) is 0.653. The molecule has 0 amide bonds. The number of hydrogen-bond donors (Lipinski definition) is 0. The Morgan fingerprint density at radius 1 is 1.17 bits per heavy atom. The van der Waals surface area contributed by atoms with Crippen LogP contribution < -0.4 is 0 Å². The fourth-order valence-electron chi connectivity index (χ4n) is 1.70. The number of carbonyl (C=O) groups excluding carboxylic acids is 1. The Balaban J connectivity index is 4.08. The van der Waals surface area contributed by atoms with E-state index < -0.39 is 8.80 Å². The van der Waals surface area contributed by atoms with Crippen molar-refractivity contribution in [1.82, 2.24) is 0 Å². The Kier molecular flexibility index (Phi) is 10.0. The van der Waals surface area contributed by atoms with Gasteiger partial charge in [0.05, 0.1) is 0 Å². The molecule has 0 bridgehead atoms. The lowest BCUT2D eigenvalue weighted by Crippen LogP contribution is -2.44. The molecule has 0 aliphatic rings. The van der Waals surface area contributed by atoms with Crippen molar-refractivity contribution in [3.63, 3.8) is 0 Å². The third kappa shape index (κ3) is 6.89. The van der Waals surface area contributed by atoms with Crippen LogP contribution in [-0.4, -0.2) is 40.5 Å². The van der Waals surface area contributed by atoms with Crippen molar-refractivity contribution >= 4 is 25.7 Å². The number of thioether (sulfide) groups is 1. The monoisotopic (exact) mass is 294 g/mol. The highest BCUT2D eigenvalue weighted by molar-refractivity contribution is 8.14. The van der Waals surface area contributed by atoms with Crippen molar-refractivity contribution in [3.8, 4) is 0 Å². The molecule has 1 unspecified atom stereocenters. The molecule has 4 nitrogen and oxygen atoms in total. The first-order valence-electron chi connectivity index (χ1n) is 6.38. The highest BCUT2D eigenvalue weighted by Crippen LogP contribution is 2.25. The summed E-state index contributed by atoms with van der Waals surface area (Å²) in [6.07, 6.45) is 3.90. The van der Waals surface area contributed by atoms with Crippen LogP contribution in [0.1, 0.15) is 39.5 Å². The van der Waals surface area contributed by atoms with Crippen molar-refractivity contribution in [2.45, 2.75) is 50.8 Å². The molecule has 18 heavy (non-hydrogen) atoms. The first-order chi connectivity index (χ1) is 8.53. The molecule has 1 atom stereocenters. The number of hydrogen-bond acceptors (Lipinski definition) is 5. The Morgan fingerprint density at radius 3 is 2.17 bits per heavy atom.